The summed E-state index contributed by atoms with van der Waals surface area (Å²) in [6.45, 7) is 1.42. The van der Waals surface area contributed by atoms with Crippen LogP contribution in [0.15, 0.2) is 42.5 Å². The first kappa shape index (κ1) is 15.2. The van der Waals surface area contributed by atoms with Crippen LogP contribution in [0.4, 0.5) is 5.69 Å². The van der Waals surface area contributed by atoms with Crippen LogP contribution in [0.2, 0.25) is 10.0 Å². The Bertz CT molecular complexity index is 567. The van der Waals surface area contributed by atoms with E-state index < -0.39 is 0 Å². The van der Waals surface area contributed by atoms with E-state index in [-0.39, 0.29) is 0 Å². The van der Waals surface area contributed by atoms with Crippen molar-refractivity contribution in [2.24, 2.45) is 5.73 Å². The third-order valence-corrected chi connectivity index (χ3v) is 3.74. The molecular weight excluding hydrogens is 291 g/mol. The van der Waals surface area contributed by atoms with Crippen molar-refractivity contribution in [1.29, 1.82) is 0 Å². The summed E-state index contributed by atoms with van der Waals surface area (Å²) >= 11 is 12.2. The number of nitrogens with zero attached hydrogens (tertiary/aromatic N) is 1. The van der Waals surface area contributed by atoms with Gasteiger partial charge in [-0.2, -0.15) is 0 Å². The molecule has 4 heteroatoms. The summed E-state index contributed by atoms with van der Waals surface area (Å²) in [5.74, 6) is 0. The van der Waals surface area contributed by atoms with Gasteiger partial charge in [0, 0.05) is 18.6 Å². The second kappa shape index (κ2) is 6.98. The first-order valence-electron chi connectivity index (χ1n) is 6.54. The van der Waals surface area contributed by atoms with E-state index in [0.717, 1.165) is 28.7 Å². The fraction of sp³-hybridized carbons (Fsp3) is 0.250. The normalized spacial score (nSPS) is 10.6. The van der Waals surface area contributed by atoms with Gasteiger partial charge in [0.1, 0.15) is 0 Å². The molecule has 106 valence electrons. The van der Waals surface area contributed by atoms with E-state index in [9.17, 15) is 0 Å². The average Bonchev–Trinajstić information content (AvgIpc) is 2.42. The van der Waals surface area contributed by atoms with Crippen LogP contribution in [0.1, 0.15) is 11.1 Å². The van der Waals surface area contributed by atoms with Crippen molar-refractivity contribution in [2.45, 2.75) is 13.0 Å². The Hall–Kier alpha value is -1.22. The van der Waals surface area contributed by atoms with E-state index in [1.165, 1.54) is 11.1 Å². The molecule has 0 aromatic heterocycles. The molecule has 2 aromatic carbocycles. The van der Waals surface area contributed by atoms with E-state index >= 15 is 0 Å². The van der Waals surface area contributed by atoms with Gasteiger partial charge in [-0.05, 0) is 48.4 Å². The highest BCUT2D eigenvalue weighted by atomic mass is 35.5. The number of hydrogen-bond donors (Lipinski definition) is 1. The molecule has 0 radical (unpaired) electrons. The van der Waals surface area contributed by atoms with Crippen molar-refractivity contribution in [2.75, 3.05) is 18.5 Å². The zero-order chi connectivity index (χ0) is 14.5. The van der Waals surface area contributed by atoms with E-state index in [1.807, 2.05) is 43.4 Å². The van der Waals surface area contributed by atoms with Crippen LogP contribution >= 0.6 is 23.2 Å². The van der Waals surface area contributed by atoms with Crippen molar-refractivity contribution in [3.05, 3.63) is 63.6 Å². The van der Waals surface area contributed by atoms with E-state index in [1.54, 1.807) is 0 Å². The molecule has 2 nitrogen and oxygen atoms in total. The molecule has 2 N–H and O–H groups in total. The van der Waals surface area contributed by atoms with Crippen molar-refractivity contribution in [1.82, 2.24) is 0 Å². The lowest BCUT2D eigenvalue weighted by Gasteiger charge is -2.21. The largest absolute Gasteiger partial charge is 0.369 e. The highest BCUT2D eigenvalue weighted by Gasteiger charge is 2.07. The monoisotopic (exact) mass is 308 g/mol. The maximum Gasteiger partial charge on any atom is 0.0642 e. The van der Waals surface area contributed by atoms with Crippen LogP contribution in [0.3, 0.4) is 0 Å². The summed E-state index contributed by atoms with van der Waals surface area (Å²) in [5, 5.41) is 1.51. The third kappa shape index (κ3) is 3.89. The molecular formula is C16H18Cl2N2. The Balaban J connectivity index is 2.12. The Kier molecular flexibility index (Phi) is 5.30. The maximum absolute atomic E-state index is 6.35. The summed E-state index contributed by atoms with van der Waals surface area (Å²) in [6.07, 6.45) is 0.848. The van der Waals surface area contributed by atoms with Gasteiger partial charge in [0.2, 0.25) is 0 Å². The molecule has 0 saturated heterocycles. The molecule has 20 heavy (non-hydrogen) atoms. The SMILES string of the molecule is CN(Cc1ccc(Cl)cc1)c1ccc(CCN)cc1Cl. The highest BCUT2D eigenvalue weighted by Crippen LogP contribution is 2.27. The van der Waals surface area contributed by atoms with Gasteiger partial charge in [-0.1, -0.05) is 41.4 Å². The molecule has 0 unspecified atom stereocenters. The highest BCUT2D eigenvalue weighted by molar-refractivity contribution is 6.33. The van der Waals surface area contributed by atoms with Gasteiger partial charge in [0.05, 0.1) is 10.7 Å². The number of benzene rings is 2. The maximum atomic E-state index is 6.35. The molecule has 0 atom stereocenters. The Morgan fingerprint density at radius 1 is 1.00 bits per heavy atom. The number of hydrogen-bond acceptors (Lipinski definition) is 2. The minimum Gasteiger partial charge on any atom is -0.369 e. The molecule has 0 aliphatic heterocycles. The fourth-order valence-corrected chi connectivity index (χ4v) is 2.60. The summed E-state index contributed by atoms with van der Waals surface area (Å²) in [7, 11) is 2.03. The Labute approximate surface area is 130 Å². The Morgan fingerprint density at radius 2 is 1.65 bits per heavy atom. The Morgan fingerprint density at radius 3 is 2.25 bits per heavy atom. The smallest absolute Gasteiger partial charge is 0.0642 e. The van der Waals surface area contributed by atoms with Crippen LogP contribution in [-0.2, 0) is 13.0 Å². The lowest BCUT2D eigenvalue weighted by Crippen LogP contribution is -2.16. The first-order valence-corrected chi connectivity index (χ1v) is 7.30. The van der Waals surface area contributed by atoms with Gasteiger partial charge in [0.25, 0.3) is 0 Å². The summed E-state index contributed by atoms with van der Waals surface area (Å²) < 4.78 is 0. The van der Waals surface area contributed by atoms with Crippen molar-refractivity contribution in [3.8, 4) is 0 Å². The number of anilines is 1. The quantitative estimate of drug-likeness (QED) is 0.900. The molecule has 0 fully saturated rings. The van der Waals surface area contributed by atoms with Crippen LogP contribution < -0.4 is 10.6 Å². The topological polar surface area (TPSA) is 29.3 Å². The third-order valence-electron chi connectivity index (χ3n) is 3.19. The number of halogens is 2. The van der Waals surface area contributed by atoms with Crippen molar-refractivity contribution >= 4 is 28.9 Å². The standard InChI is InChI=1S/C16H18Cl2N2/c1-20(11-13-2-5-14(17)6-3-13)16-7-4-12(8-9-19)10-15(16)18/h2-7,10H,8-9,11,19H2,1H3. The molecule has 0 bridgehead atoms. The van der Waals surface area contributed by atoms with Gasteiger partial charge in [-0.25, -0.2) is 0 Å². The zero-order valence-corrected chi connectivity index (χ0v) is 13.0. The van der Waals surface area contributed by atoms with Crippen molar-refractivity contribution in [3.63, 3.8) is 0 Å². The molecule has 2 aromatic rings. The minimum absolute atomic E-state index is 0.635. The van der Waals surface area contributed by atoms with Gasteiger partial charge < -0.3 is 10.6 Å². The molecule has 0 spiro atoms. The van der Waals surface area contributed by atoms with Gasteiger partial charge in [0.15, 0.2) is 0 Å². The second-order valence-corrected chi connectivity index (χ2v) is 5.65. The summed E-state index contributed by atoms with van der Waals surface area (Å²) in [6, 6.07) is 14.0. The molecule has 0 saturated carbocycles. The van der Waals surface area contributed by atoms with Gasteiger partial charge in [-0.3, -0.25) is 0 Å². The first-order chi connectivity index (χ1) is 9.60. The molecule has 0 aliphatic rings. The lowest BCUT2D eigenvalue weighted by atomic mass is 10.1. The minimum atomic E-state index is 0.635. The predicted octanol–water partition coefficient (Wildman–Crippen LogP) is 4.13. The molecule has 0 heterocycles. The molecule has 2 rings (SSSR count). The van der Waals surface area contributed by atoms with Crippen LogP contribution in [0.25, 0.3) is 0 Å². The van der Waals surface area contributed by atoms with E-state index in [4.69, 9.17) is 28.9 Å². The van der Waals surface area contributed by atoms with Crippen LogP contribution in [-0.4, -0.2) is 13.6 Å². The second-order valence-electron chi connectivity index (χ2n) is 4.81. The number of rotatable bonds is 5. The van der Waals surface area contributed by atoms with E-state index in [2.05, 4.69) is 11.0 Å². The van der Waals surface area contributed by atoms with Crippen molar-refractivity contribution < 1.29 is 0 Å². The lowest BCUT2D eigenvalue weighted by molar-refractivity contribution is 0.919. The molecule has 0 amide bonds. The van der Waals surface area contributed by atoms with Gasteiger partial charge >= 0.3 is 0 Å². The van der Waals surface area contributed by atoms with E-state index in [0.29, 0.717) is 6.54 Å². The summed E-state index contributed by atoms with van der Waals surface area (Å²) in [4.78, 5) is 2.12. The average molecular weight is 309 g/mol. The molecule has 0 aliphatic carbocycles. The summed E-state index contributed by atoms with van der Waals surface area (Å²) in [5.41, 5.74) is 8.94. The predicted molar refractivity (Wildman–Crippen MR) is 87.8 cm³/mol. The number of nitrogens with two attached hydrogens (primary N) is 1. The van der Waals surface area contributed by atoms with Crippen LogP contribution in [0.5, 0.6) is 0 Å². The van der Waals surface area contributed by atoms with Crippen LogP contribution in [0, 0.1) is 0 Å². The van der Waals surface area contributed by atoms with Gasteiger partial charge in [-0.15, -0.1) is 0 Å². The fourth-order valence-electron chi connectivity index (χ4n) is 2.13. The zero-order valence-electron chi connectivity index (χ0n) is 11.4.